The second kappa shape index (κ2) is 6.43. The molecule has 2 aromatic carbocycles. The Hall–Kier alpha value is -2.01. The Morgan fingerprint density at radius 2 is 1.90 bits per heavy atom. The van der Waals surface area contributed by atoms with Crippen molar-refractivity contribution < 1.29 is 14.3 Å². The normalized spacial score (nSPS) is 9.95. The van der Waals surface area contributed by atoms with E-state index < -0.39 is 0 Å². The zero-order valence-electron chi connectivity index (χ0n) is 11.1. The van der Waals surface area contributed by atoms with Gasteiger partial charge in [-0.05, 0) is 30.3 Å². The van der Waals surface area contributed by atoms with Crippen LogP contribution in [0.2, 0.25) is 0 Å². The molecule has 0 heterocycles. The van der Waals surface area contributed by atoms with E-state index in [0.29, 0.717) is 22.7 Å². The maximum atomic E-state index is 12.3. The molecule has 1 N–H and O–H groups in total. The minimum Gasteiger partial charge on any atom is -0.497 e. The van der Waals surface area contributed by atoms with Crippen LogP contribution >= 0.6 is 15.9 Å². The molecule has 0 bridgehead atoms. The number of halogens is 1. The number of rotatable bonds is 4. The van der Waals surface area contributed by atoms with Gasteiger partial charge in [-0.15, -0.1) is 0 Å². The van der Waals surface area contributed by atoms with Gasteiger partial charge >= 0.3 is 0 Å². The maximum Gasteiger partial charge on any atom is 0.259 e. The summed E-state index contributed by atoms with van der Waals surface area (Å²) in [6.07, 6.45) is 0. The summed E-state index contributed by atoms with van der Waals surface area (Å²) in [4.78, 5) is 12.3. The van der Waals surface area contributed by atoms with Crippen LogP contribution in [0.4, 0.5) is 5.69 Å². The predicted octanol–water partition coefficient (Wildman–Crippen LogP) is 3.72. The molecule has 4 nitrogen and oxygen atoms in total. The second-order valence-electron chi connectivity index (χ2n) is 4.03. The van der Waals surface area contributed by atoms with Gasteiger partial charge in [0.15, 0.2) is 0 Å². The van der Waals surface area contributed by atoms with Gasteiger partial charge in [0.05, 0.1) is 19.8 Å². The van der Waals surface area contributed by atoms with Gasteiger partial charge in [0.1, 0.15) is 11.5 Å². The molecule has 2 aromatic rings. The Bertz CT molecular complexity index is 628. The van der Waals surface area contributed by atoms with Crippen LogP contribution < -0.4 is 14.8 Å². The highest BCUT2D eigenvalue weighted by Crippen LogP contribution is 2.25. The number of nitrogens with one attached hydrogen (secondary N) is 1. The standard InChI is InChI=1S/C15H14BrNO3/c1-19-12-6-7-13(14(9-12)20-2)15(18)17-11-5-3-4-10(16)8-11/h3-9H,1-2H3,(H,17,18). The first-order valence-corrected chi connectivity index (χ1v) is 6.72. The van der Waals surface area contributed by atoms with Crippen LogP contribution in [0.5, 0.6) is 11.5 Å². The molecule has 104 valence electrons. The van der Waals surface area contributed by atoms with Gasteiger partial charge in [-0.25, -0.2) is 0 Å². The molecular formula is C15H14BrNO3. The zero-order chi connectivity index (χ0) is 14.5. The molecule has 0 saturated heterocycles. The van der Waals surface area contributed by atoms with Gasteiger partial charge in [-0.2, -0.15) is 0 Å². The molecule has 0 unspecified atom stereocenters. The fraction of sp³-hybridized carbons (Fsp3) is 0.133. The van der Waals surface area contributed by atoms with Crippen LogP contribution in [0.1, 0.15) is 10.4 Å². The van der Waals surface area contributed by atoms with Crippen molar-refractivity contribution in [1.29, 1.82) is 0 Å². The quantitative estimate of drug-likeness (QED) is 0.926. The fourth-order valence-corrected chi connectivity index (χ4v) is 2.15. The predicted molar refractivity (Wildman–Crippen MR) is 81.6 cm³/mol. The summed E-state index contributed by atoms with van der Waals surface area (Å²) in [5, 5.41) is 2.82. The summed E-state index contributed by atoms with van der Waals surface area (Å²) >= 11 is 3.36. The minimum absolute atomic E-state index is 0.234. The zero-order valence-corrected chi connectivity index (χ0v) is 12.7. The van der Waals surface area contributed by atoms with Gasteiger partial charge in [-0.1, -0.05) is 22.0 Å². The number of amides is 1. The Morgan fingerprint density at radius 3 is 2.55 bits per heavy atom. The topological polar surface area (TPSA) is 47.6 Å². The third kappa shape index (κ3) is 3.30. The van der Waals surface area contributed by atoms with Gasteiger partial charge < -0.3 is 14.8 Å². The highest BCUT2D eigenvalue weighted by molar-refractivity contribution is 9.10. The number of hydrogen-bond donors (Lipinski definition) is 1. The van der Waals surface area contributed by atoms with Gasteiger partial charge in [0, 0.05) is 16.2 Å². The number of methoxy groups -OCH3 is 2. The van der Waals surface area contributed by atoms with E-state index in [1.807, 2.05) is 24.3 Å². The third-order valence-corrected chi connectivity index (χ3v) is 3.23. The Morgan fingerprint density at radius 1 is 1.10 bits per heavy atom. The van der Waals surface area contributed by atoms with Crippen molar-refractivity contribution in [1.82, 2.24) is 0 Å². The highest BCUT2D eigenvalue weighted by atomic mass is 79.9. The van der Waals surface area contributed by atoms with Crippen LogP contribution in [0.3, 0.4) is 0 Å². The largest absolute Gasteiger partial charge is 0.497 e. The van der Waals surface area contributed by atoms with Crippen LogP contribution in [0.15, 0.2) is 46.9 Å². The SMILES string of the molecule is COc1ccc(C(=O)Nc2cccc(Br)c2)c(OC)c1. The molecule has 1 amide bonds. The lowest BCUT2D eigenvalue weighted by atomic mass is 10.1. The Kier molecular flexibility index (Phi) is 4.63. The summed E-state index contributed by atoms with van der Waals surface area (Å²) < 4.78 is 11.2. The number of benzene rings is 2. The molecule has 0 aliphatic rings. The molecule has 5 heteroatoms. The van der Waals surface area contributed by atoms with Crippen molar-refractivity contribution in [2.24, 2.45) is 0 Å². The molecule has 0 atom stereocenters. The first kappa shape index (κ1) is 14.4. The fourth-order valence-electron chi connectivity index (χ4n) is 1.75. The number of carbonyl (C=O) groups is 1. The average molecular weight is 336 g/mol. The molecule has 0 aliphatic carbocycles. The summed E-state index contributed by atoms with van der Waals surface area (Å²) in [5.74, 6) is 0.875. The van der Waals surface area contributed by atoms with Gasteiger partial charge in [0.25, 0.3) is 5.91 Å². The van der Waals surface area contributed by atoms with Crippen LogP contribution in [0, 0.1) is 0 Å². The van der Waals surface area contributed by atoms with Crippen LogP contribution in [-0.4, -0.2) is 20.1 Å². The molecule has 0 spiro atoms. The van der Waals surface area contributed by atoms with E-state index in [4.69, 9.17) is 9.47 Å². The first-order valence-electron chi connectivity index (χ1n) is 5.93. The van der Waals surface area contributed by atoms with E-state index in [1.54, 1.807) is 25.3 Å². The minimum atomic E-state index is -0.234. The van der Waals surface area contributed by atoms with E-state index >= 15 is 0 Å². The van der Waals surface area contributed by atoms with Crippen molar-refractivity contribution in [2.75, 3.05) is 19.5 Å². The molecule has 20 heavy (non-hydrogen) atoms. The molecule has 0 fully saturated rings. The lowest BCUT2D eigenvalue weighted by Gasteiger charge is -2.11. The number of carbonyl (C=O) groups excluding carboxylic acids is 1. The van der Waals surface area contributed by atoms with Crippen molar-refractivity contribution in [3.8, 4) is 11.5 Å². The van der Waals surface area contributed by atoms with E-state index in [-0.39, 0.29) is 5.91 Å². The van der Waals surface area contributed by atoms with Crippen LogP contribution in [-0.2, 0) is 0 Å². The summed E-state index contributed by atoms with van der Waals surface area (Å²) in [7, 11) is 3.08. The number of ether oxygens (including phenoxy) is 2. The van der Waals surface area contributed by atoms with Crippen LogP contribution in [0.25, 0.3) is 0 Å². The van der Waals surface area contributed by atoms with Gasteiger partial charge in [0.2, 0.25) is 0 Å². The third-order valence-electron chi connectivity index (χ3n) is 2.74. The monoisotopic (exact) mass is 335 g/mol. The van der Waals surface area contributed by atoms with E-state index in [1.165, 1.54) is 7.11 Å². The van der Waals surface area contributed by atoms with Crippen molar-refractivity contribution >= 4 is 27.5 Å². The summed E-state index contributed by atoms with van der Waals surface area (Å²) in [6.45, 7) is 0. The van der Waals surface area contributed by atoms with E-state index in [9.17, 15) is 4.79 Å². The van der Waals surface area contributed by atoms with Gasteiger partial charge in [-0.3, -0.25) is 4.79 Å². The molecule has 0 saturated carbocycles. The molecule has 2 rings (SSSR count). The summed E-state index contributed by atoms with van der Waals surface area (Å²) in [6, 6.07) is 12.5. The lowest BCUT2D eigenvalue weighted by Crippen LogP contribution is -2.13. The number of hydrogen-bond acceptors (Lipinski definition) is 3. The molecule has 0 aromatic heterocycles. The van der Waals surface area contributed by atoms with Crippen molar-refractivity contribution in [3.05, 3.63) is 52.5 Å². The van der Waals surface area contributed by atoms with Crippen molar-refractivity contribution in [3.63, 3.8) is 0 Å². The maximum absolute atomic E-state index is 12.3. The Balaban J connectivity index is 2.25. The average Bonchev–Trinajstić information content (AvgIpc) is 2.46. The molecule has 0 radical (unpaired) electrons. The van der Waals surface area contributed by atoms with Crippen molar-refractivity contribution in [2.45, 2.75) is 0 Å². The second-order valence-corrected chi connectivity index (χ2v) is 4.95. The number of anilines is 1. The summed E-state index contributed by atoms with van der Waals surface area (Å²) in [5.41, 5.74) is 1.16. The molecular weight excluding hydrogens is 322 g/mol. The molecule has 0 aliphatic heterocycles. The first-order chi connectivity index (χ1) is 9.63. The smallest absolute Gasteiger partial charge is 0.259 e. The highest BCUT2D eigenvalue weighted by Gasteiger charge is 2.13. The lowest BCUT2D eigenvalue weighted by molar-refractivity contribution is 0.102. The van der Waals surface area contributed by atoms with E-state index in [2.05, 4.69) is 21.2 Å². The van der Waals surface area contributed by atoms with E-state index in [0.717, 1.165) is 4.47 Å². The Labute approximate surface area is 125 Å².